The van der Waals surface area contributed by atoms with E-state index in [-0.39, 0.29) is 37.2 Å². The molecule has 5 unspecified atom stereocenters. The van der Waals surface area contributed by atoms with Crippen LogP contribution >= 0.6 is 31.3 Å². The maximum atomic E-state index is 13.6. The van der Waals surface area contributed by atoms with E-state index in [4.69, 9.17) is 24.0 Å². The third-order valence-corrected chi connectivity index (χ3v) is 9.51. The summed E-state index contributed by atoms with van der Waals surface area (Å²) in [4.78, 5) is 20.2. The molecule has 40 heavy (non-hydrogen) atoms. The number of ether oxygens (including phenoxy) is 1. The summed E-state index contributed by atoms with van der Waals surface area (Å²) in [6.45, 7) is 12.5. The van der Waals surface area contributed by atoms with E-state index in [1.54, 1.807) is 22.7 Å². The second kappa shape index (κ2) is 13.9. The van der Waals surface area contributed by atoms with Crippen LogP contribution in [0.1, 0.15) is 32.6 Å². The van der Waals surface area contributed by atoms with Crippen LogP contribution in [0.3, 0.4) is 0 Å². The SMILES string of the molecule is C=CC1C(c2ccc3c(N)ncnn23)OC(CN=C)(COP(=O)(OCCSC)OCCSC(=O)C(C)(C)C)C1O. The number of anilines is 1. The van der Waals surface area contributed by atoms with Crippen molar-refractivity contribution >= 4 is 54.5 Å². The van der Waals surface area contributed by atoms with Gasteiger partial charge in [-0.05, 0) is 25.1 Å². The van der Waals surface area contributed by atoms with E-state index in [0.29, 0.717) is 22.8 Å². The Hall–Kier alpha value is -1.77. The van der Waals surface area contributed by atoms with Gasteiger partial charge in [-0.3, -0.25) is 23.4 Å². The van der Waals surface area contributed by atoms with E-state index in [9.17, 15) is 14.5 Å². The number of aliphatic imine (C=N–C) groups is 1. The van der Waals surface area contributed by atoms with Crippen LogP contribution in [0.5, 0.6) is 0 Å². The number of nitrogens with two attached hydrogens (primary N) is 1. The second-order valence-electron chi connectivity index (χ2n) is 10.2. The van der Waals surface area contributed by atoms with E-state index in [2.05, 4.69) is 28.4 Å². The van der Waals surface area contributed by atoms with Gasteiger partial charge in [-0.1, -0.05) is 38.6 Å². The van der Waals surface area contributed by atoms with Crippen molar-refractivity contribution in [2.24, 2.45) is 16.3 Å². The summed E-state index contributed by atoms with van der Waals surface area (Å²) in [5.74, 6) is 0.511. The van der Waals surface area contributed by atoms with Gasteiger partial charge < -0.3 is 15.6 Å². The first-order chi connectivity index (χ1) is 18.9. The quantitative estimate of drug-likeness (QED) is 0.129. The maximum Gasteiger partial charge on any atom is 0.474 e. The number of nitrogens with zero attached hydrogens (tertiary/aromatic N) is 4. The molecular formula is C25H38N5O7PS2. The topological polar surface area (TPSA) is 160 Å². The van der Waals surface area contributed by atoms with Crippen LogP contribution in [0.15, 0.2) is 36.1 Å². The van der Waals surface area contributed by atoms with Gasteiger partial charge in [-0.2, -0.15) is 16.9 Å². The van der Waals surface area contributed by atoms with Crippen molar-refractivity contribution in [3.63, 3.8) is 0 Å². The molecule has 1 fully saturated rings. The lowest BCUT2D eigenvalue weighted by atomic mass is 9.88. The van der Waals surface area contributed by atoms with Crippen LogP contribution in [0, 0.1) is 11.3 Å². The Kier molecular flexibility index (Phi) is 11.4. The Balaban J connectivity index is 1.81. The van der Waals surface area contributed by atoms with Crippen LogP contribution in [0.2, 0.25) is 0 Å². The predicted molar refractivity (Wildman–Crippen MR) is 159 cm³/mol. The summed E-state index contributed by atoms with van der Waals surface area (Å²) in [6.07, 6.45) is 2.92. The fourth-order valence-electron chi connectivity index (χ4n) is 4.13. The molecule has 0 aliphatic carbocycles. The van der Waals surface area contributed by atoms with Gasteiger partial charge in [0.05, 0.1) is 38.2 Å². The molecule has 0 spiro atoms. The zero-order valence-electron chi connectivity index (χ0n) is 23.2. The van der Waals surface area contributed by atoms with E-state index in [0.717, 1.165) is 11.8 Å². The Labute approximate surface area is 243 Å². The highest BCUT2D eigenvalue weighted by Gasteiger charge is 2.55. The fraction of sp³-hybridized carbons (Fsp3) is 0.600. The number of hydrogen-bond donors (Lipinski definition) is 2. The van der Waals surface area contributed by atoms with Gasteiger partial charge in [0.2, 0.25) is 0 Å². The normalized spacial score (nSPS) is 24.7. The lowest BCUT2D eigenvalue weighted by Crippen LogP contribution is -2.48. The van der Waals surface area contributed by atoms with Crippen molar-refractivity contribution in [1.29, 1.82) is 0 Å². The minimum atomic E-state index is -4.11. The molecule has 2 aromatic rings. The molecule has 3 N–H and O–H groups in total. The molecule has 1 saturated heterocycles. The molecule has 0 amide bonds. The zero-order chi connectivity index (χ0) is 29.6. The van der Waals surface area contributed by atoms with Gasteiger partial charge in [0, 0.05) is 22.8 Å². The first-order valence-corrected chi connectivity index (χ1v) is 16.4. The standard InChI is InChI=1S/C25H38N5O7PS2/c1-7-17-20(18-8-9-19-22(26)28-16-29-30(18)19)37-25(14-27-5,21(17)31)15-36-38(33,34-10-12-39-6)35-11-13-40-23(32)24(2,3)4/h7-9,16-17,20-21,31H,1,5,10-15H2,2-4,6H3,(H2,26,28,29). The number of carbonyl (C=O) groups is 1. The number of aliphatic hydroxyl groups excluding tert-OH is 1. The number of aromatic nitrogens is 3. The number of aliphatic hydroxyl groups is 1. The molecule has 0 bridgehead atoms. The smallest absolute Gasteiger partial charge is 0.389 e. The monoisotopic (exact) mass is 615 g/mol. The molecule has 0 aromatic carbocycles. The first kappa shape index (κ1) is 32.7. The average molecular weight is 616 g/mol. The largest absolute Gasteiger partial charge is 0.474 e. The number of thioether (sulfide) groups is 2. The molecule has 0 saturated carbocycles. The highest BCUT2D eigenvalue weighted by molar-refractivity contribution is 8.13. The molecule has 222 valence electrons. The van der Waals surface area contributed by atoms with Gasteiger partial charge >= 0.3 is 7.82 Å². The van der Waals surface area contributed by atoms with E-state index in [1.165, 1.54) is 18.1 Å². The number of rotatable bonds is 15. The maximum absolute atomic E-state index is 13.6. The molecule has 12 nitrogen and oxygen atoms in total. The summed E-state index contributed by atoms with van der Waals surface area (Å²) in [5.41, 5.74) is 5.21. The fourth-order valence-corrected chi connectivity index (χ4v) is 6.65. The molecule has 1 aliphatic rings. The predicted octanol–water partition coefficient (Wildman–Crippen LogP) is 3.81. The van der Waals surface area contributed by atoms with E-state index >= 15 is 0 Å². The third kappa shape index (κ3) is 7.54. The van der Waals surface area contributed by atoms with Crippen LogP contribution in [-0.2, 0) is 27.7 Å². The van der Waals surface area contributed by atoms with E-state index < -0.39 is 37.0 Å². The van der Waals surface area contributed by atoms with Gasteiger partial charge in [0.1, 0.15) is 23.5 Å². The van der Waals surface area contributed by atoms with Crippen molar-refractivity contribution in [2.45, 2.75) is 38.6 Å². The summed E-state index contributed by atoms with van der Waals surface area (Å²) < 4.78 is 38.5. The summed E-state index contributed by atoms with van der Waals surface area (Å²) in [6, 6.07) is 3.54. The molecule has 5 atom stereocenters. The number of nitrogen functional groups attached to an aromatic ring is 1. The Morgan fingerprint density at radius 3 is 2.65 bits per heavy atom. The second-order valence-corrected chi connectivity index (χ2v) is 13.9. The summed E-state index contributed by atoms with van der Waals surface area (Å²) in [5, 5.41) is 15.7. The molecular weight excluding hydrogens is 577 g/mol. The number of phosphoric ester groups is 1. The molecule has 0 radical (unpaired) electrons. The molecule has 3 heterocycles. The van der Waals surface area contributed by atoms with Crippen LogP contribution in [-0.4, -0.2) is 87.4 Å². The van der Waals surface area contributed by atoms with Crippen molar-refractivity contribution < 1.29 is 32.8 Å². The van der Waals surface area contributed by atoms with Crippen molar-refractivity contribution in [1.82, 2.24) is 14.6 Å². The van der Waals surface area contributed by atoms with Gasteiger partial charge in [0.15, 0.2) is 10.9 Å². The Morgan fingerprint density at radius 2 is 2.02 bits per heavy atom. The lowest BCUT2D eigenvalue weighted by Gasteiger charge is -2.31. The van der Waals surface area contributed by atoms with Crippen LogP contribution in [0.4, 0.5) is 5.82 Å². The number of hydrogen-bond acceptors (Lipinski definition) is 13. The van der Waals surface area contributed by atoms with Gasteiger partial charge in [-0.15, -0.1) is 6.58 Å². The molecule has 15 heteroatoms. The third-order valence-electron chi connectivity index (χ3n) is 6.25. The number of fused-ring (bicyclic) bond motifs is 1. The highest BCUT2D eigenvalue weighted by Crippen LogP contribution is 2.53. The number of phosphoric acid groups is 1. The average Bonchev–Trinajstić information content (AvgIpc) is 3.45. The molecule has 1 aliphatic heterocycles. The molecule has 2 aromatic heterocycles. The minimum absolute atomic E-state index is 0.0138. The number of carbonyl (C=O) groups excluding carboxylic acids is 1. The first-order valence-electron chi connectivity index (χ1n) is 12.6. The van der Waals surface area contributed by atoms with Gasteiger partial charge in [0.25, 0.3) is 0 Å². The molecule has 3 rings (SSSR count). The minimum Gasteiger partial charge on any atom is -0.389 e. The zero-order valence-corrected chi connectivity index (χ0v) is 25.8. The lowest BCUT2D eigenvalue weighted by molar-refractivity contribution is -0.117. The van der Waals surface area contributed by atoms with Crippen molar-refractivity contribution in [3.8, 4) is 0 Å². The van der Waals surface area contributed by atoms with Gasteiger partial charge in [-0.25, -0.2) is 14.1 Å². The Morgan fingerprint density at radius 1 is 1.32 bits per heavy atom. The van der Waals surface area contributed by atoms with Crippen molar-refractivity contribution in [2.75, 3.05) is 49.9 Å². The van der Waals surface area contributed by atoms with Crippen molar-refractivity contribution in [3.05, 3.63) is 36.8 Å². The van der Waals surface area contributed by atoms with Crippen LogP contribution < -0.4 is 5.73 Å². The Bertz CT molecular complexity index is 1240. The summed E-state index contributed by atoms with van der Waals surface area (Å²) >= 11 is 2.59. The summed E-state index contributed by atoms with van der Waals surface area (Å²) in [7, 11) is -4.11. The van der Waals surface area contributed by atoms with E-state index in [1.807, 2.05) is 27.0 Å². The van der Waals surface area contributed by atoms with Crippen LogP contribution in [0.25, 0.3) is 5.52 Å². The highest BCUT2D eigenvalue weighted by atomic mass is 32.2.